The third-order valence-electron chi connectivity index (χ3n) is 6.17. The van der Waals surface area contributed by atoms with Gasteiger partial charge in [-0.25, -0.2) is 9.97 Å². The summed E-state index contributed by atoms with van der Waals surface area (Å²) < 4.78 is 7.82. The van der Waals surface area contributed by atoms with Gasteiger partial charge < -0.3 is 29.7 Å². The molecule has 9 heteroatoms. The predicted octanol–water partition coefficient (Wildman–Crippen LogP) is 4.61. The van der Waals surface area contributed by atoms with E-state index in [4.69, 9.17) is 9.72 Å². The van der Waals surface area contributed by atoms with Gasteiger partial charge in [-0.2, -0.15) is 0 Å². The fourth-order valence-electron chi connectivity index (χ4n) is 4.50. The Bertz CT molecular complexity index is 1590. The third kappa shape index (κ3) is 5.47. The molecule has 0 radical (unpaired) electrons. The number of aromatic nitrogens is 5. The van der Waals surface area contributed by atoms with E-state index in [1.54, 1.807) is 24.8 Å². The van der Waals surface area contributed by atoms with E-state index in [1.165, 1.54) is 0 Å². The molecule has 0 amide bonds. The number of nitrogens with zero attached hydrogens (tertiary/aromatic N) is 3. The van der Waals surface area contributed by atoms with E-state index < -0.39 is 0 Å². The lowest BCUT2D eigenvalue weighted by atomic mass is 10.1. The topological polar surface area (TPSA) is 121 Å². The second-order valence-corrected chi connectivity index (χ2v) is 10.4. The van der Waals surface area contributed by atoms with Gasteiger partial charge in [-0.1, -0.05) is 12.1 Å². The number of H-pyrrole nitrogens is 2. The van der Waals surface area contributed by atoms with E-state index in [9.17, 15) is 9.90 Å². The zero-order valence-corrected chi connectivity index (χ0v) is 21.9. The Labute approximate surface area is 220 Å². The van der Waals surface area contributed by atoms with E-state index in [1.807, 2.05) is 74.9 Å². The fourth-order valence-corrected chi connectivity index (χ4v) is 4.50. The second kappa shape index (κ2) is 10.2. The van der Waals surface area contributed by atoms with Crippen molar-refractivity contribution in [3.05, 3.63) is 88.9 Å². The van der Waals surface area contributed by atoms with Crippen LogP contribution in [-0.2, 0) is 6.42 Å². The zero-order chi connectivity index (χ0) is 26.9. The first kappa shape index (κ1) is 25.3. The first-order chi connectivity index (χ1) is 18.2. The molecule has 0 aliphatic rings. The van der Waals surface area contributed by atoms with Crippen molar-refractivity contribution in [2.24, 2.45) is 0 Å². The number of anilines is 1. The number of hydrogen-bond acceptors (Lipinski definition) is 6. The molecule has 5 rings (SSSR count). The molecule has 0 saturated carbocycles. The van der Waals surface area contributed by atoms with E-state index in [0.29, 0.717) is 23.5 Å². The van der Waals surface area contributed by atoms with Crippen molar-refractivity contribution in [3.63, 3.8) is 0 Å². The maximum Gasteiger partial charge on any atom is 0.261 e. The van der Waals surface area contributed by atoms with Crippen LogP contribution < -0.4 is 15.6 Å². The molecule has 0 unspecified atom stereocenters. The average molecular weight is 513 g/mol. The molecule has 0 fully saturated rings. The SMILES string of the molecule is Cc1cc(-n2ccnc2)cc2[nH]c(-c3c(N[C@H](CO)Cc4ccc(OC(C)(C)C)cc4)cc[nH]c3=O)nc12. The van der Waals surface area contributed by atoms with E-state index in [-0.39, 0.29) is 23.8 Å². The normalized spacial score (nSPS) is 12.6. The highest BCUT2D eigenvalue weighted by Gasteiger charge is 2.19. The monoisotopic (exact) mass is 512 g/mol. The molecule has 38 heavy (non-hydrogen) atoms. The molecule has 0 aliphatic carbocycles. The number of aliphatic hydroxyl groups is 1. The molecule has 0 bridgehead atoms. The van der Waals surface area contributed by atoms with Gasteiger partial charge in [0.2, 0.25) is 0 Å². The molecule has 2 aromatic carbocycles. The number of rotatable bonds is 8. The molecule has 3 aromatic heterocycles. The Balaban J connectivity index is 1.42. The highest BCUT2D eigenvalue weighted by atomic mass is 16.5. The fraction of sp³-hybridized carbons (Fsp3) is 0.276. The van der Waals surface area contributed by atoms with Gasteiger partial charge in [-0.05, 0) is 75.6 Å². The zero-order valence-electron chi connectivity index (χ0n) is 21.9. The molecule has 5 aromatic rings. The van der Waals surface area contributed by atoms with E-state index in [2.05, 4.69) is 20.3 Å². The van der Waals surface area contributed by atoms with Crippen LogP contribution in [-0.4, -0.2) is 47.9 Å². The van der Waals surface area contributed by atoms with Crippen LogP contribution in [0, 0.1) is 6.92 Å². The highest BCUT2D eigenvalue weighted by Crippen LogP contribution is 2.28. The molecule has 196 valence electrons. The van der Waals surface area contributed by atoms with Crippen molar-refractivity contribution in [2.75, 3.05) is 11.9 Å². The van der Waals surface area contributed by atoms with Crippen LogP contribution in [0.25, 0.3) is 28.1 Å². The van der Waals surface area contributed by atoms with Gasteiger partial charge in [0.25, 0.3) is 5.56 Å². The van der Waals surface area contributed by atoms with Crippen molar-refractivity contribution >= 4 is 16.7 Å². The quantitative estimate of drug-likeness (QED) is 0.241. The number of benzene rings is 2. The molecule has 3 heterocycles. The Morgan fingerprint density at radius 1 is 1.16 bits per heavy atom. The molecule has 4 N–H and O–H groups in total. The van der Waals surface area contributed by atoms with Gasteiger partial charge in [0, 0.05) is 24.3 Å². The smallest absolute Gasteiger partial charge is 0.261 e. The number of aromatic amines is 2. The van der Waals surface area contributed by atoms with Gasteiger partial charge in [-0.3, -0.25) is 4.79 Å². The Hall–Kier alpha value is -4.37. The maximum atomic E-state index is 13.0. The summed E-state index contributed by atoms with van der Waals surface area (Å²) >= 11 is 0. The second-order valence-electron chi connectivity index (χ2n) is 10.4. The molecule has 1 atom stereocenters. The van der Waals surface area contributed by atoms with Gasteiger partial charge in [0.1, 0.15) is 22.7 Å². The minimum absolute atomic E-state index is 0.111. The Morgan fingerprint density at radius 2 is 1.95 bits per heavy atom. The number of hydrogen-bond donors (Lipinski definition) is 4. The molecule has 0 spiro atoms. The van der Waals surface area contributed by atoms with Crippen LogP contribution >= 0.6 is 0 Å². The standard InChI is InChI=1S/C29H32N6O3/c1-18-13-21(35-12-11-30-17-35)15-24-26(18)34-27(33-24)25-23(9-10-31-28(25)37)32-20(16-36)14-19-5-7-22(8-6-19)38-29(2,3)4/h5-13,15,17,20,36H,14,16H2,1-4H3,(H,33,34)(H2,31,32,37)/t20-/m0/s1. The van der Waals surface area contributed by atoms with E-state index in [0.717, 1.165) is 33.6 Å². The maximum absolute atomic E-state index is 13.0. The van der Waals surface area contributed by atoms with Crippen molar-refractivity contribution in [3.8, 4) is 22.8 Å². The summed E-state index contributed by atoms with van der Waals surface area (Å²) in [6.45, 7) is 7.90. The number of imidazole rings is 2. The molecule has 0 saturated heterocycles. The van der Waals surface area contributed by atoms with Crippen LogP contribution in [0.15, 0.2) is 72.2 Å². The van der Waals surface area contributed by atoms with Crippen molar-refractivity contribution in [1.29, 1.82) is 0 Å². The van der Waals surface area contributed by atoms with Gasteiger partial charge in [0.15, 0.2) is 0 Å². The van der Waals surface area contributed by atoms with Gasteiger partial charge in [-0.15, -0.1) is 0 Å². The van der Waals surface area contributed by atoms with Crippen LogP contribution in [0.3, 0.4) is 0 Å². The average Bonchev–Trinajstić information content (AvgIpc) is 3.54. The molecule has 0 aliphatic heterocycles. The molecular formula is C29H32N6O3. The third-order valence-corrected chi connectivity index (χ3v) is 6.17. The van der Waals surface area contributed by atoms with Gasteiger partial charge in [0.05, 0.1) is 35.7 Å². The van der Waals surface area contributed by atoms with Gasteiger partial charge >= 0.3 is 0 Å². The van der Waals surface area contributed by atoms with Crippen LogP contribution in [0.4, 0.5) is 5.69 Å². The Kier molecular flexibility index (Phi) is 6.77. The lowest BCUT2D eigenvalue weighted by molar-refractivity contribution is 0.131. The van der Waals surface area contributed by atoms with Crippen LogP contribution in [0.2, 0.25) is 0 Å². The number of nitrogens with one attached hydrogen (secondary N) is 3. The minimum atomic E-state index is -0.316. The molecular weight excluding hydrogens is 480 g/mol. The minimum Gasteiger partial charge on any atom is -0.488 e. The number of pyridine rings is 1. The van der Waals surface area contributed by atoms with Crippen LogP contribution in [0.1, 0.15) is 31.9 Å². The first-order valence-electron chi connectivity index (χ1n) is 12.6. The number of aryl methyl sites for hydroxylation is 1. The summed E-state index contributed by atoms with van der Waals surface area (Å²) in [5.41, 5.74) is 4.99. The summed E-state index contributed by atoms with van der Waals surface area (Å²) in [4.78, 5) is 28.0. The summed E-state index contributed by atoms with van der Waals surface area (Å²) in [5.74, 6) is 1.25. The van der Waals surface area contributed by atoms with Crippen LogP contribution in [0.5, 0.6) is 5.75 Å². The summed E-state index contributed by atoms with van der Waals surface area (Å²) in [6.07, 6.45) is 7.49. The largest absolute Gasteiger partial charge is 0.488 e. The number of ether oxygens (including phenoxy) is 1. The molecule has 9 nitrogen and oxygen atoms in total. The number of aliphatic hydroxyl groups excluding tert-OH is 1. The lowest BCUT2D eigenvalue weighted by Crippen LogP contribution is -2.28. The summed E-state index contributed by atoms with van der Waals surface area (Å²) in [6, 6.07) is 13.3. The lowest BCUT2D eigenvalue weighted by Gasteiger charge is -2.22. The first-order valence-corrected chi connectivity index (χ1v) is 12.6. The Morgan fingerprint density at radius 3 is 2.63 bits per heavy atom. The summed E-state index contributed by atoms with van der Waals surface area (Å²) in [7, 11) is 0. The van der Waals surface area contributed by atoms with Crippen molar-refractivity contribution in [1.82, 2.24) is 24.5 Å². The predicted molar refractivity (Wildman–Crippen MR) is 149 cm³/mol. The summed E-state index contributed by atoms with van der Waals surface area (Å²) in [5, 5.41) is 13.5. The van der Waals surface area contributed by atoms with E-state index >= 15 is 0 Å². The number of fused-ring (bicyclic) bond motifs is 1. The van der Waals surface area contributed by atoms with Crippen molar-refractivity contribution in [2.45, 2.75) is 45.8 Å². The highest BCUT2D eigenvalue weighted by molar-refractivity contribution is 5.86. The van der Waals surface area contributed by atoms with Crippen molar-refractivity contribution < 1.29 is 9.84 Å².